The van der Waals surface area contributed by atoms with Gasteiger partial charge in [-0.05, 0) is 43.9 Å². The van der Waals surface area contributed by atoms with Gasteiger partial charge in [0.2, 0.25) is 5.91 Å². The SMILES string of the molecule is O=C(CCCC(=O)N1CCC2CCCCC2C1)C1CCCCC1. The van der Waals surface area contributed by atoms with Gasteiger partial charge in [-0.15, -0.1) is 0 Å². The fraction of sp³-hybridized carbons (Fsp3) is 0.900. The van der Waals surface area contributed by atoms with Crippen LogP contribution in [0.15, 0.2) is 0 Å². The van der Waals surface area contributed by atoms with Gasteiger partial charge in [-0.1, -0.05) is 38.5 Å². The van der Waals surface area contributed by atoms with Crippen LogP contribution in [0.4, 0.5) is 0 Å². The largest absolute Gasteiger partial charge is 0.342 e. The van der Waals surface area contributed by atoms with Crippen LogP contribution in [0.5, 0.6) is 0 Å². The van der Waals surface area contributed by atoms with Gasteiger partial charge in [0.25, 0.3) is 0 Å². The van der Waals surface area contributed by atoms with Crippen molar-refractivity contribution in [1.29, 1.82) is 0 Å². The Morgan fingerprint density at radius 3 is 2.26 bits per heavy atom. The summed E-state index contributed by atoms with van der Waals surface area (Å²) in [6.45, 7) is 1.94. The summed E-state index contributed by atoms with van der Waals surface area (Å²) >= 11 is 0. The Kier molecular flexibility index (Phi) is 6.13. The number of rotatable bonds is 5. The van der Waals surface area contributed by atoms with Crippen LogP contribution in [0.1, 0.15) is 83.5 Å². The molecule has 3 rings (SSSR count). The summed E-state index contributed by atoms with van der Waals surface area (Å²) < 4.78 is 0. The highest BCUT2D eigenvalue weighted by atomic mass is 16.2. The minimum atomic E-state index is 0.297. The lowest BCUT2D eigenvalue weighted by Crippen LogP contribution is -2.44. The third-order valence-electron chi connectivity index (χ3n) is 6.52. The molecule has 1 heterocycles. The number of carbonyl (C=O) groups is 2. The summed E-state index contributed by atoms with van der Waals surface area (Å²) in [4.78, 5) is 26.8. The first-order chi connectivity index (χ1) is 11.2. The molecule has 130 valence electrons. The molecule has 0 aromatic heterocycles. The fourth-order valence-electron chi connectivity index (χ4n) is 5.03. The zero-order valence-electron chi connectivity index (χ0n) is 14.6. The van der Waals surface area contributed by atoms with Crippen LogP contribution in [-0.4, -0.2) is 29.7 Å². The Labute approximate surface area is 141 Å². The molecule has 2 atom stereocenters. The maximum absolute atomic E-state index is 12.4. The van der Waals surface area contributed by atoms with E-state index in [-0.39, 0.29) is 0 Å². The van der Waals surface area contributed by atoms with Crippen molar-refractivity contribution >= 4 is 11.7 Å². The van der Waals surface area contributed by atoms with Crippen LogP contribution in [-0.2, 0) is 9.59 Å². The van der Waals surface area contributed by atoms with Crippen LogP contribution >= 0.6 is 0 Å². The van der Waals surface area contributed by atoms with Crippen LogP contribution in [0, 0.1) is 17.8 Å². The highest BCUT2D eigenvalue weighted by molar-refractivity contribution is 5.82. The highest BCUT2D eigenvalue weighted by Crippen LogP contribution is 2.36. The van der Waals surface area contributed by atoms with E-state index < -0.39 is 0 Å². The molecular weight excluding hydrogens is 286 g/mol. The number of piperidine rings is 1. The normalized spacial score (nSPS) is 29.1. The molecule has 0 radical (unpaired) electrons. The van der Waals surface area contributed by atoms with Crippen molar-refractivity contribution in [2.75, 3.05) is 13.1 Å². The van der Waals surface area contributed by atoms with E-state index in [1.807, 2.05) is 0 Å². The zero-order valence-corrected chi connectivity index (χ0v) is 14.6. The van der Waals surface area contributed by atoms with Gasteiger partial charge in [0.05, 0.1) is 0 Å². The van der Waals surface area contributed by atoms with Crippen LogP contribution in [0.3, 0.4) is 0 Å². The van der Waals surface area contributed by atoms with Gasteiger partial charge in [-0.3, -0.25) is 9.59 Å². The minimum Gasteiger partial charge on any atom is -0.342 e. The fourth-order valence-corrected chi connectivity index (χ4v) is 5.03. The van der Waals surface area contributed by atoms with Crippen molar-refractivity contribution in [1.82, 2.24) is 4.90 Å². The number of hydrogen-bond acceptors (Lipinski definition) is 2. The van der Waals surface area contributed by atoms with Gasteiger partial charge >= 0.3 is 0 Å². The van der Waals surface area contributed by atoms with Crippen LogP contribution in [0.2, 0.25) is 0 Å². The molecule has 0 N–H and O–H groups in total. The van der Waals surface area contributed by atoms with Gasteiger partial charge in [-0.2, -0.15) is 0 Å². The maximum atomic E-state index is 12.4. The third-order valence-corrected chi connectivity index (χ3v) is 6.52. The van der Waals surface area contributed by atoms with Gasteiger partial charge in [0.1, 0.15) is 5.78 Å². The summed E-state index contributed by atoms with van der Waals surface area (Å²) in [5, 5.41) is 0. The Balaban J connectivity index is 1.36. The van der Waals surface area contributed by atoms with Crippen molar-refractivity contribution in [3.8, 4) is 0 Å². The smallest absolute Gasteiger partial charge is 0.222 e. The Hall–Kier alpha value is -0.860. The summed E-state index contributed by atoms with van der Waals surface area (Å²) in [6, 6.07) is 0. The van der Waals surface area contributed by atoms with E-state index >= 15 is 0 Å². The van der Waals surface area contributed by atoms with E-state index in [1.165, 1.54) is 51.4 Å². The van der Waals surface area contributed by atoms with Gasteiger partial charge in [0, 0.05) is 31.8 Å². The number of hydrogen-bond donors (Lipinski definition) is 0. The molecule has 1 amide bonds. The molecular formula is C20H33NO2. The summed E-state index contributed by atoms with van der Waals surface area (Å²) in [7, 11) is 0. The molecule has 0 aromatic carbocycles. The molecule has 0 spiro atoms. The topological polar surface area (TPSA) is 37.4 Å². The van der Waals surface area contributed by atoms with Gasteiger partial charge in [-0.25, -0.2) is 0 Å². The van der Waals surface area contributed by atoms with Crippen molar-refractivity contribution in [2.45, 2.75) is 83.5 Å². The predicted octanol–water partition coefficient (Wildman–Crippen LogP) is 4.34. The number of Topliss-reactive ketones (excluding diaryl/α,β-unsaturated/α-hetero) is 1. The maximum Gasteiger partial charge on any atom is 0.222 e. The standard InChI is InChI=1S/C20H33NO2/c22-19(17-8-2-1-3-9-17)11-6-12-20(23)21-14-13-16-7-4-5-10-18(16)15-21/h16-18H,1-15H2. The molecule has 3 fully saturated rings. The second kappa shape index (κ2) is 8.30. The molecule has 23 heavy (non-hydrogen) atoms. The van der Waals surface area contributed by atoms with E-state index in [2.05, 4.69) is 4.90 Å². The minimum absolute atomic E-state index is 0.297. The number of amides is 1. The highest BCUT2D eigenvalue weighted by Gasteiger charge is 2.32. The lowest BCUT2D eigenvalue weighted by atomic mass is 9.75. The molecule has 1 saturated heterocycles. The molecule has 2 unspecified atom stereocenters. The Bertz CT molecular complexity index is 414. The first-order valence-corrected chi connectivity index (χ1v) is 10.0. The summed E-state index contributed by atoms with van der Waals surface area (Å²) in [6.07, 6.45) is 14.5. The first kappa shape index (κ1) is 17.0. The number of fused-ring (bicyclic) bond motifs is 1. The third kappa shape index (κ3) is 4.58. The Morgan fingerprint density at radius 1 is 0.783 bits per heavy atom. The lowest BCUT2D eigenvalue weighted by molar-refractivity contribution is -0.134. The van der Waals surface area contributed by atoms with Gasteiger partial charge in [0.15, 0.2) is 0 Å². The second-order valence-electron chi connectivity index (χ2n) is 8.09. The van der Waals surface area contributed by atoms with E-state index in [9.17, 15) is 9.59 Å². The van der Waals surface area contributed by atoms with Crippen LogP contribution < -0.4 is 0 Å². The molecule has 3 aliphatic rings. The second-order valence-corrected chi connectivity index (χ2v) is 8.09. The van der Waals surface area contributed by atoms with E-state index in [0.29, 0.717) is 30.4 Å². The van der Waals surface area contributed by atoms with E-state index in [4.69, 9.17) is 0 Å². The average Bonchev–Trinajstić information content (AvgIpc) is 2.61. The Morgan fingerprint density at radius 2 is 1.48 bits per heavy atom. The number of ketones is 1. The van der Waals surface area contributed by atoms with Crippen molar-refractivity contribution in [3.63, 3.8) is 0 Å². The van der Waals surface area contributed by atoms with Crippen LogP contribution in [0.25, 0.3) is 0 Å². The monoisotopic (exact) mass is 319 g/mol. The zero-order chi connectivity index (χ0) is 16.1. The molecule has 3 nitrogen and oxygen atoms in total. The number of nitrogens with zero attached hydrogens (tertiary/aromatic N) is 1. The summed E-state index contributed by atoms with van der Waals surface area (Å²) in [5.41, 5.74) is 0. The molecule has 1 aliphatic heterocycles. The molecule has 2 saturated carbocycles. The quantitative estimate of drug-likeness (QED) is 0.755. The van der Waals surface area contributed by atoms with Crippen molar-refractivity contribution < 1.29 is 9.59 Å². The first-order valence-electron chi connectivity index (χ1n) is 10.0. The van der Waals surface area contributed by atoms with Gasteiger partial charge < -0.3 is 4.90 Å². The molecule has 0 bridgehead atoms. The number of likely N-dealkylation sites (tertiary alicyclic amines) is 1. The lowest BCUT2D eigenvalue weighted by Gasteiger charge is -2.41. The van der Waals surface area contributed by atoms with E-state index in [1.54, 1.807) is 0 Å². The molecule has 3 heteroatoms. The predicted molar refractivity (Wildman–Crippen MR) is 92.1 cm³/mol. The van der Waals surface area contributed by atoms with Crippen molar-refractivity contribution in [3.05, 3.63) is 0 Å². The average molecular weight is 319 g/mol. The molecule has 2 aliphatic carbocycles. The van der Waals surface area contributed by atoms with E-state index in [0.717, 1.165) is 44.2 Å². The number of carbonyl (C=O) groups excluding carboxylic acids is 2. The molecule has 0 aromatic rings. The summed E-state index contributed by atoms with van der Waals surface area (Å²) in [5.74, 6) is 2.65. The van der Waals surface area contributed by atoms with Crippen molar-refractivity contribution in [2.24, 2.45) is 17.8 Å².